The van der Waals surface area contributed by atoms with Crippen LogP contribution in [0.5, 0.6) is 0 Å². The number of carbonyl (C=O) groups excluding carboxylic acids is 2. The van der Waals surface area contributed by atoms with Gasteiger partial charge >= 0.3 is 0 Å². The molecule has 0 atom stereocenters. The molecular weight excluding hydrogens is 430 g/mol. The van der Waals surface area contributed by atoms with Gasteiger partial charge in [0.25, 0.3) is 11.8 Å². The first-order valence-electron chi connectivity index (χ1n) is 15.8. The van der Waals surface area contributed by atoms with Crippen LogP contribution < -0.4 is 5.32 Å². The second kappa shape index (κ2) is 23.3. The molecule has 0 saturated carbocycles. The lowest BCUT2D eigenvalue weighted by atomic mass is 9.97. The summed E-state index contributed by atoms with van der Waals surface area (Å²) in [5.41, 5.74) is 1.59. The molecule has 1 rings (SSSR count). The van der Waals surface area contributed by atoms with Gasteiger partial charge in [0.15, 0.2) is 0 Å². The van der Waals surface area contributed by atoms with Crippen molar-refractivity contribution >= 4 is 11.8 Å². The molecule has 0 aliphatic carbocycles. The van der Waals surface area contributed by atoms with Crippen molar-refractivity contribution < 1.29 is 9.59 Å². The van der Waals surface area contributed by atoms with Crippen molar-refractivity contribution in [3.63, 3.8) is 0 Å². The molecule has 3 nitrogen and oxygen atoms in total. The Morgan fingerprint density at radius 1 is 0.371 bits per heavy atom. The molecule has 0 aromatic heterocycles. The molecule has 0 radical (unpaired) electrons. The minimum Gasteiger partial charge on any atom is -0.289 e. The Morgan fingerprint density at radius 3 is 0.857 bits per heavy atom. The molecule has 0 aromatic rings. The Bertz CT molecular complexity index is 518. The largest absolute Gasteiger partial charge is 0.289 e. The van der Waals surface area contributed by atoms with Crippen LogP contribution in [-0.2, 0) is 9.59 Å². The van der Waals surface area contributed by atoms with Gasteiger partial charge in [0.2, 0.25) is 0 Å². The van der Waals surface area contributed by atoms with Gasteiger partial charge in [0, 0.05) is 11.1 Å². The van der Waals surface area contributed by atoms with Crippen LogP contribution in [0.2, 0.25) is 0 Å². The molecule has 0 bridgehead atoms. The predicted octanol–water partition coefficient (Wildman–Crippen LogP) is 10.1. The third kappa shape index (κ3) is 17.1. The van der Waals surface area contributed by atoms with E-state index in [4.69, 9.17) is 0 Å². The highest BCUT2D eigenvalue weighted by Gasteiger charge is 2.28. The highest BCUT2D eigenvalue weighted by atomic mass is 16.2. The molecule has 1 aliphatic heterocycles. The zero-order chi connectivity index (χ0) is 25.4. The lowest BCUT2D eigenvalue weighted by molar-refractivity contribution is -0.124. The number of rotatable bonds is 26. The van der Waals surface area contributed by atoms with E-state index in [-0.39, 0.29) is 11.8 Å². The molecule has 0 aromatic carbocycles. The second-order valence-electron chi connectivity index (χ2n) is 11.0. The fourth-order valence-electron chi connectivity index (χ4n) is 5.34. The number of unbranched alkanes of at least 4 members (excludes halogenated alkanes) is 22. The Morgan fingerprint density at radius 2 is 0.600 bits per heavy atom. The number of nitrogens with one attached hydrogen (secondary N) is 1. The van der Waals surface area contributed by atoms with Crippen molar-refractivity contribution in [2.24, 2.45) is 0 Å². The number of carbonyl (C=O) groups is 2. The number of imide groups is 1. The SMILES string of the molecule is CCCCCCCCCCCCCCC1=C(CCCCCCCCCCCCCC)C(=O)NC1=O. The van der Waals surface area contributed by atoms with Gasteiger partial charge in [-0.15, -0.1) is 0 Å². The van der Waals surface area contributed by atoms with E-state index in [2.05, 4.69) is 19.2 Å². The molecule has 0 fully saturated rings. The van der Waals surface area contributed by atoms with Crippen LogP contribution in [0.1, 0.15) is 181 Å². The first kappa shape index (κ1) is 31.9. The summed E-state index contributed by atoms with van der Waals surface area (Å²) in [6.07, 6.45) is 33.2. The van der Waals surface area contributed by atoms with Gasteiger partial charge in [-0.2, -0.15) is 0 Å². The fourth-order valence-corrected chi connectivity index (χ4v) is 5.34. The van der Waals surface area contributed by atoms with Crippen LogP contribution in [0.4, 0.5) is 0 Å². The standard InChI is InChI=1S/C32H59NO2/c1-3-5-7-9-11-13-15-17-19-21-23-25-27-29-30(32(35)33-31(29)34)28-26-24-22-20-18-16-14-12-10-8-6-4-2/h3-28H2,1-2H3,(H,33,34,35). The van der Waals surface area contributed by atoms with E-state index in [1.54, 1.807) is 0 Å². The lowest BCUT2D eigenvalue weighted by Crippen LogP contribution is -2.23. The van der Waals surface area contributed by atoms with Crippen LogP contribution in [0.25, 0.3) is 0 Å². The van der Waals surface area contributed by atoms with Gasteiger partial charge in [-0.1, -0.05) is 155 Å². The van der Waals surface area contributed by atoms with Gasteiger partial charge in [0.1, 0.15) is 0 Å². The molecular formula is C32H59NO2. The minimum atomic E-state index is -0.119. The van der Waals surface area contributed by atoms with Gasteiger partial charge in [0.05, 0.1) is 0 Å². The molecule has 0 spiro atoms. The van der Waals surface area contributed by atoms with E-state index < -0.39 is 0 Å². The van der Waals surface area contributed by atoms with Crippen molar-refractivity contribution in [2.75, 3.05) is 0 Å². The lowest BCUT2D eigenvalue weighted by Gasteiger charge is -2.06. The van der Waals surface area contributed by atoms with Gasteiger partial charge in [-0.3, -0.25) is 14.9 Å². The van der Waals surface area contributed by atoms with E-state index >= 15 is 0 Å². The summed E-state index contributed by atoms with van der Waals surface area (Å²) in [5.74, 6) is -0.237. The average molecular weight is 490 g/mol. The van der Waals surface area contributed by atoms with Crippen molar-refractivity contribution in [1.29, 1.82) is 0 Å². The summed E-state index contributed by atoms with van der Waals surface area (Å²) in [4.78, 5) is 24.5. The summed E-state index contributed by atoms with van der Waals surface area (Å²) in [6, 6.07) is 0. The summed E-state index contributed by atoms with van der Waals surface area (Å²) < 4.78 is 0. The normalized spacial score (nSPS) is 13.8. The smallest absolute Gasteiger partial charge is 0.254 e. The predicted molar refractivity (Wildman–Crippen MR) is 152 cm³/mol. The molecule has 0 unspecified atom stereocenters. The summed E-state index contributed by atoms with van der Waals surface area (Å²) in [5, 5.41) is 2.55. The Kier molecular flexibility index (Phi) is 21.2. The molecule has 2 amide bonds. The van der Waals surface area contributed by atoms with Crippen molar-refractivity contribution in [1.82, 2.24) is 5.32 Å². The second-order valence-corrected chi connectivity index (χ2v) is 11.0. The van der Waals surface area contributed by atoms with Crippen LogP contribution in [0.15, 0.2) is 11.1 Å². The van der Waals surface area contributed by atoms with E-state index in [0.717, 1.165) is 36.8 Å². The molecule has 204 valence electrons. The highest BCUT2D eigenvalue weighted by molar-refractivity contribution is 6.19. The Labute approximate surface area is 218 Å². The van der Waals surface area contributed by atoms with E-state index in [1.807, 2.05) is 0 Å². The van der Waals surface area contributed by atoms with Crippen LogP contribution in [0, 0.1) is 0 Å². The van der Waals surface area contributed by atoms with E-state index in [1.165, 1.54) is 141 Å². The Balaban J connectivity index is 2.05. The molecule has 1 N–H and O–H groups in total. The zero-order valence-electron chi connectivity index (χ0n) is 23.7. The average Bonchev–Trinajstić information content (AvgIpc) is 3.12. The summed E-state index contributed by atoms with van der Waals surface area (Å²) in [6.45, 7) is 4.54. The molecule has 0 saturated heterocycles. The molecule has 1 heterocycles. The third-order valence-electron chi connectivity index (χ3n) is 7.70. The first-order valence-corrected chi connectivity index (χ1v) is 15.8. The molecule has 35 heavy (non-hydrogen) atoms. The quantitative estimate of drug-likeness (QED) is 0.0970. The third-order valence-corrected chi connectivity index (χ3v) is 7.70. The Hall–Kier alpha value is -1.12. The number of hydrogen-bond acceptors (Lipinski definition) is 2. The van der Waals surface area contributed by atoms with Crippen molar-refractivity contribution in [3.8, 4) is 0 Å². The number of amides is 2. The monoisotopic (exact) mass is 489 g/mol. The van der Waals surface area contributed by atoms with Gasteiger partial charge in [-0.25, -0.2) is 0 Å². The first-order chi connectivity index (χ1) is 17.2. The maximum atomic E-state index is 12.3. The van der Waals surface area contributed by atoms with Crippen LogP contribution in [0.3, 0.4) is 0 Å². The summed E-state index contributed by atoms with van der Waals surface area (Å²) >= 11 is 0. The zero-order valence-corrected chi connectivity index (χ0v) is 23.7. The maximum Gasteiger partial charge on any atom is 0.254 e. The number of hydrogen-bond donors (Lipinski definition) is 1. The topological polar surface area (TPSA) is 46.2 Å². The van der Waals surface area contributed by atoms with Gasteiger partial charge < -0.3 is 0 Å². The highest BCUT2D eigenvalue weighted by Crippen LogP contribution is 2.24. The minimum absolute atomic E-state index is 0.119. The maximum absolute atomic E-state index is 12.3. The van der Waals surface area contributed by atoms with Crippen LogP contribution >= 0.6 is 0 Å². The molecule has 3 heteroatoms. The van der Waals surface area contributed by atoms with Crippen LogP contribution in [-0.4, -0.2) is 11.8 Å². The summed E-state index contributed by atoms with van der Waals surface area (Å²) in [7, 11) is 0. The van der Waals surface area contributed by atoms with E-state index in [9.17, 15) is 9.59 Å². The fraction of sp³-hybridized carbons (Fsp3) is 0.875. The molecule has 1 aliphatic rings. The van der Waals surface area contributed by atoms with E-state index in [0.29, 0.717) is 0 Å². The van der Waals surface area contributed by atoms with Crippen molar-refractivity contribution in [2.45, 2.75) is 181 Å². The van der Waals surface area contributed by atoms with Gasteiger partial charge in [-0.05, 0) is 25.7 Å². The van der Waals surface area contributed by atoms with Crippen molar-refractivity contribution in [3.05, 3.63) is 11.1 Å².